The molecule has 1 saturated heterocycles. The van der Waals surface area contributed by atoms with Crippen molar-refractivity contribution in [2.75, 3.05) is 13.1 Å². The van der Waals surface area contributed by atoms with Gasteiger partial charge in [-0.25, -0.2) is 8.78 Å². The number of nitrogens with zero attached hydrogens (tertiary/aromatic N) is 1. The maximum atomic E-state index is 13.0. The fraction of sp³-hybridized carbons (Fsp3) is 0.462. The third-order valence-electron chi connectivity index (χ3n) is 3.03. The van der Waals surface area contributed by atoms with E-state index in [9.17, 15) is 18.7 Å². The zero-order valence-electron chi connectivity index (χ0n) is 10.5. The largest absolute Gasteiger partial charge is 0.481 e. The number of hydrogen-bond donors (Lipinski definition) is 1. The van der Waals surface area contributed by atoms with E-state index in [1.807, 2.05) is 0 Å². The Hall–Kier alpha value is -1.69. The summed E-state index contributed by atoms with van der Waals surface area (Å²) in [4.78, 5) is 13.5. The summed E-state index contributed by atoms with van der Waals surface area (Å²) in [5, 5.41) is 9.36. The van der Waals surface area contributed by atoms with Crippen LogP contribution in [0.4, 0.5) is 8.78 Å². The zero-order valence-corrected chi connectivity index (χ0v) is 10.5. The molecule has 1 unspecified atom stereocenters. The molecule has 2 atom stereocenters. The summed E-state index contributed by atoms with van der Waals surface area (Å²) < 4.78 is 31.0. The van der Waals surface area contributed by atoms with Crippen molar-refractivity contribution in [1.29, 1.82) is 0 Å². The van der Waals surface area contributed by atoms with Gasteiger partial charge in [0.25, 0.3) is 5.91 Å². The van der Waals surface area contributed by atoms with Crippen molar-refractivity contribution in [3.63, 3.8) is 0 Å². The molecule has 1 fully saturated rings. The van der Waals surface area contributed by atoms with Crippen LogP contribution in [0.5, 0.6) is 5.75 Å². The molecule has 1 N–H and O–H groups in total. The molecule has 19 heavy (non-hydrogen) atoms. The van der Waals surface area contributed by atoms with Crippen molar-refractivity contribution in [1.82, 2.24) is 4.90 Å². The summed E-state index contributed by atoms with van der Waals surface area (Å²) in [5.41, 5.74) is 0. The third-order valence-corrected chi connectivity index (χ3v) is 3.03. The van der Waals surface area contributed by atoms with Crippen LogP contribution in [0.1, 0.15) is 13.3 Å². The Bertz CT molecular complexity index is 481. The van der Waals surface area contributed by atoms with Gasteiger partial charge in [-0.15, -0.1) is 0 Å². The number of halogens is 2. The summed E-state index contributed by atoms with van der Waals surface area (Å²) in [6.07, 6.45) is -0.765. The molecular formula is C13H15F2NO3. The maximum absolute atomic E-state index is 13.0. The van der Waals surface area contributed by atoms with Crippen molar-refractivity contribution in [3.05, 3.63) is 29.8 Å². The highest BCUT2D eigenvalue weighted by Gasteiger charge is 2.28. The molecule has 0 radical (unpaired) electrons. The molecule has 0 bridgehead atoms. The SMILES string of the molecule is CC(Oc1ccc(F)c(F)c1)C(=O)N1CC[C@H](O)C1. The lowest BCUT2D eigenvalue weighted by atomic mass is 10.3. The van der Waals surface area contributed by atoms with Crippen molar-refractivity contribution >= 4 is 5.91 Å². The van der Waals surface area contributed by atoms with Crippen LogP contribution in [-0.4, -0.2) is 41.2 Å². The zero-order chi connectivity index (χ0) is 14.0. The van der Waals surface area contributed by atoms with E-state index in [1.165, 1.54) is 17.9 Å². The van der Waals surface area contributed by atoms with E-state index in [0.29, 0.717) is 13.0 Å². The Kier molecular flexibility index (Phi) is 3.99. The fourth-order valence-electron chi connectivity index (χ4n) is 2.00. The second-order valence-corrected chi connectivity index (χ2v) is 4.56. The first-order chi connectivity index (χ1) is 8.97. The van der Waals surface area contributed by atoms with Crippen molar-refractivity contribution in [2.24, 2.45) is 0 Å². The van der Waals surface area contributed by atoms with E-state index < -0.39 is 23.8 Å². The van der Waals surface area contributed by atoms with Gasteiger partial charge < -0.3 is 14.7 Å². The monoisotopic (exact) mass is 271 g/mol. The van der Waals surface area contributed by atoms with Crippen molar-refractivity contribution in [3.8, 4) is 5.75 Å². The van der Waals surface area contributed by atoms with Crippen LogP contribution in [0.2, 0.25) is 0 Å². The lowest BCUT2D eigenvalue weighted by Crippen LogP contribution is -2.39. The standard InChI is InChI=1S/C13H15F2NO3/c1-8(13(18)16-5-4-9(17)7-16)19-10-2-3-11(14)12(15)6-10/h2-3,6,8-9,17H,4-5,7H2,1H3/t8?,9-/m0/s1. The number of β-amino-alcohol motifs (C(OH)–C–C–N with tert-alkyl or cyclic N) is 1. The highest BCUT2D eigenvalue weighted by atomic mass is 19.2. The minimum Gasteiger partial charge on any atom is -0.481 e. The number of likely N-dealkylation sites (tertiary alicyclic amines) is 1. The van der Waals surface area contributed by atoms with Gasteiger partial charge in [0.1, 0.15) is 5.75 Å². The third kappa shape index (κ3) is 3.20. The van der Waals surface area contributed by atoms with E-state index in [-0.39, 0.29) is 18.2 Å². The molecule has 0 spiro atoms. The molecule has 0 saturated carbocycles. The van der Waals surface area contributed by atoms with Crippen LogP contribution in [0, 0.1) is 11.6 Å². The minimum absolute atomic E-state index is 0.0968. The molecular weight excluding hydrogens is 256 g/mol. The molecule has 1 aliphatic rings. The number of carbonyl (C=O) groups excluding carboxylic acids is 1. The van der Waals surface area contributed by atoms with E-state index in [4.69, 9.17) is 4.74 Å². The number of rotatable bonds is 3. The Morgan fingerprint density at radius 2 is 2.21 bits per heavy atom. The van der Waals surface area contributed by atoms with E-state index in [1.54, 1.807) is 0 Å². The van der Waals surface area contributed by atoms with Crippen molar-refractivity contribution < 1.29 is 23.4 Å². The first-order valence-electron chi connectivity index (χ1n) is 6.06. The van der Waals surface area contributed by atoms with E-state index in [0.717, 1.165) is 12.1 Å². The van der Waals surface area contributed by atoms with Gasteiger partial charge in [0.15, 0.2) is 17.7 Å². The molecule has 6 heteroatoms. The van der Waals surface area contributed by atoms with Gasteiger partial charge >= 0.3 is 0 Å². The number of hydrogen-bond acceptors (Lipinski definition) is 3. The molecule has 1 heterocycles. The normalized spacial score (nSPS) is 20.4. The Balaban J connectivity index is 1.98. The quantitative estimate of drug-likeness (QED) is 0.902. The van der Waals surface area contributed by atoms with Crippen LogP contribution in [0.15, 0.2) is 18.2 Å². The van der Waals surface area contributed by atoms with Gasteiger partial charge in [-0.1, -0.05) is 0 Å². The summed E-state index contributed by atoms with van der Waals surface area (Å²) in [5.74, 6) is -2.16. The average Bonchev–Trinajstić information content (AvgIpc) is 2.79. The van der Waals surface area contributed by atoms with Crippen LogP contribution in [0.25, 0.3) is 0 Å². The second kappa shape index (κ2) is 5.52. The highest BCUT2D eigenvalue weighted by molar-refractivity contribution is 5.81. The van der Waals surface area contributed by atoms with Crippen molar-refractivity contribution in [2.45, 2.75) is 25.6 Å². The molecule has 4 nitrogen and oxygen atoms in total. The lowest BCUT2D eigenvalue weighted by Gasteiger charge is -2.21. The van der Waals surface area contributed by atoms with E-state index >= 15 is 0 Å². The Morgan fingerprint density at radius 3 is 2.79 bits per heavy atom. The van der Waals surface area contributed by atoms with Gasteiger partial charge in [-0.3, -0.25) is 4.79 Å². The topological polar surface area (TPSA) is 49.8 Å². The molecule has 1 amide bonds. The number of amides is 1. The second-order valence-electron chi connectivity index (χ2n) is 4.56. The molecule has 1 aliphatic heterocycles. The van der Waals surface area contributed by atoms with Gasteiger partial charge in [-0.05, 0) is 25.5 Å². The minimum atomic E-state index is -1.02. The summed E-state index contributed by atoms with van der Waals surface area (Å²) in [6.45, 7) is 2.30. The fourth-order valence-corrected chi connectivity index (χ4v) is 2.00. The summed E-state index contributed by atoms with van der Waals surface area (Å²) >= 11 is 0. The van der Waals surface area contributed by atoms with Gasteiger partial charge in [0, 0.05) is 19.2 Å². The molecule has 2 rings (SSSR count). The number of ether oxygens (including phenoxy) is 1. The highest BCUT2D eigenvalue weighted by Crippen LogP contribution is 2.18. The molecule has 1 aromatic rings. The smallest absolute Gasteiger partial charge is 0.263 e. The first-order valence-corrected chi connectivity index (χ1v) is 6.06. The first kappa shape index (κ1) is 13.7. The molecule has 0 aromatic heterocycles. The van der Waals surface area contributed by atoms with Crippen LogP contribution in [0.3, 0.4) is 0 Å². The van der Waals surface area contributed by atoms with Crippen LogP contribution >= 0.6 is 0 Å². The molecule has 1 aromatic carbocycles. The predicted octanol–water partition coefficient (Wildman–Crippen LogP) is 1.33. The number of carbonyl (C=O) groups is 1. The van der Waals surface area contributed by atoms with E-state index in [2.05, 4.69) is 0 Å². The molecule has 0 aliphatic carbocycles. The summed E-state index contributed by atoms with van der Waals surface area (Å²) in [6, 6.07) is 3.11. The van der Waals surface area contributed by atoms with Gasteiger partial charge in [0.05, 0.1) is 6.10 Å². The average molecular weight is 271 g/mol. The Labute approximate surface area is 109 Å². The van der Waals surface area contributed by atoms with Gasteiger partial charge in [-0.2, -0.15) is 0 Å². The van der Waals surface area contributed by atoms with Crippen LogP contribution < -0.4 is 4.74 Å². The van der Waals surface area contributed by atoms with Crippen LogP contribution in [-0.2, 0) is 4.79 Å². The van der Waals surface area contributed by atoms with Gasteiger partial charge in [0.2, 0.25) is 0 Å². The predicted molar refractivity (Wildman–Crippen MR) is 63.7 cm³/mol. The Morgan fingerprint density at radius 1 is 1.47 bits per heavy atom. The lowest BCUT2D eigenvalue weighted by molar-refractivity contribution is -0.137. The summed E-state index contributed by atoms with van der Waals surface area (Å²) in [7, 11) is 0. The number of aliphatic hydroxyl groups excluding tert-OH is 1. The number of aliphatic hydroxyl groups is 1. The number of benzene rings is 1. The molecule has 104 valence electrons. The maximum Gasteiger partial charge on any atom is 0.263 e.